The van der Waals surface area contributed by atoms with Crippen LogP contribution < -0.4 is 0 Å². The zero-order valence-corrected chi connectivity index (χ0v) is 16.0. The van der Waals surface area contributed by atoms with Gasteiger partial charge in [-0.2, -0.15) is 0 Å². The van der Waals surface area contributed by atoms with Gasteiger partial charge in [0.05, 0.1) is 0 Å². The van der Waals surface area contributed by atoms with Gasteiger partial charge in [0.1, 0.15) is 5.78 Å². The summed E-state index contributed by atoms with van der Waals surface area (Å²) in [5, 5.41) is 0. The average Bonchev–Trinajstić information content (AvgIpc) is 2.76. The number of carbonyl (C=O) groups excluding carboxylic acids is 1. The SMILES string of the molecule is C=C1CC(CC(C)=O)C(=C)C1c1c(C)cc(C#CC)cc1C.CC. The van der Waals surface area contributed by atoms with Gasteiger partial charge < -0.3 is 4.79 Å². The summed E-state index contributed by atoms with van der Waals surface area (Å²) in [6.07, 6.45) is 1.45. The van der Waals surface area contributed by atoms with Gasteiger partial charge in [0, 0.05) is 17.9 Å². The van der Waals surface area contributed by atoms with Crippen molar-refractivity contribution in [2.24, 2.45) is 5.92 Å². The van der Waals surface area contributed by atoms with E-state index >= 15 is 0 Å². The minimum absolute atomic E-state index is 0.174. The van der Waals surface area contributed by atoms with Gasteiger partial charge in [0.15, 0.2) is 0 Å². The molecule has 0 radical (unpaired) electrons. The summed E-state index contributed by atoms with van der Waals surface area (Å²) in [6.45, 7) is 20.3. The lowest BCUT2D eigenvalue weighted by Gasteiger charge is -2.21. The minimum Gasteiger partial charge on any atom is -0.300 e. The Balaban J connectivity index is 0.00000139. The van der Waals surface area contributed by atoms with E-state index in [1.54, 1.807) is 6.92 Å². The largest absolute Gasteiger partial charge is 0.300 e. The maximum Gasteiger partial charge on any atom is 0.130 e. The van der Waals surface area contributed by atoms with Crippen molar-refractivity contribution in [3.05, 3.63) is 58.7 Å². The number of rotatable bonds is 3. The van der Waals surface area contributed by atoms with Crippen molar-refractivity contribution in [2.75, 3.05) is 0 Å². The van der Waals surface area contributed by atoms with E-state index in [0.717, 1.165) is 17.6 Å². The fourth-order valence-corrected chi connectivity index (χ4v) is 3.65. The smallest absolute Gasteiger partial charge is 0.130 e. The van der Waals surface area contributed by atoms with Gasteiger partial charge in [-0.05, 0) is 68.9 Å². The monoisotopic (exact) mass is 322 g/mol. The number of Topliss-reactive ketones (excluding diaryl/α,β-unsaturated/α-hetero) is 1. The van der Waals surface area contributed by atoms with E-state index < -0.39 is 0 Å². The van der Waals surface area contributed by atoms with Crippen molar-refractivity contribution in [1.82, 2.24) is 0 Å². The molecule has 0 aliphatic heterocycles. The highest BCUT2D eigenvalue weighted by atomic mass is 16.1. The van der Waals surface area contributed by atoms with Crippen LogP contribution in [0.25, 0.3) is 0 Å². The van der Waals surface area contributed by atoms with Crippen LogP contribution in [0.5, 0.6) is 0 Å². The van der Waals surface area contributed by atoms with E-state index in [4.69, 9.17) is 0 Å². The summed E-state index contributed by atoms with van der Waals surface area (Å²) >= 11 is 0. The van der Waals surface area contributed by atoms with Crippen molar-refractivity contribution < 1.29 is 4.79 Å². The Morgan fingerprint density at radius 3 is 2.21 bits per heavy atom. The van der Waals surface area contributed by atoms with Crippen molar-refractivity contribution >= 4 is 5.78 Å². The topological polar surface area (TPSA) is 17.1 Å². The van der Waals surface area contributed by atoms with E-state index in [9.17, 15) is 4.79 Å². The van der Waals surface area contributed by atoms with Gasteiger partial charge in [-0.15, -0.1) is 5.92 Å². The molecule has 1 fully saturated rings. The Hall–Kier alpha value is -2.07. The Morgan fingerprint density at radius 1 is 1.21 bits per heavy atom. The average molecular weight is 322 g/mol. The molecule has 0 spiro atoms. The molecule has 0 N–H and O–H groups in total. The van der Waals surface area contributed by atoms with Crippen LogP contribution in [0.4, 0.5) is 0 Å². The second kappa shape index (κ2) is 8.69. The third kappa shape index (κ3) is 4.26. The van der Waals surface area contributed by atoms with Crippen LogP contribution in [0.1, 0.15) is 68.7 Å². The molecule has 1 aliphatic rings. The molecule has 0 heterocycles. The van der Waals surface area contributed by atoms with Gasteiger partial charge in [-0.3, -0.25) is 0 Å². The lowest BCUT2D eigenvalue weighted by Crippen LogP contribution is -2.07. The number of hydrogen-bond acceptors (Lipinski definition) is 1. The number of allylic oxidation sites excluding steroid dienone is 2. The second-order valence-electron chi connectivity index (χ2n) is 6.37. The van der Waals surface area contributed by atoms with E-state index in [1.807, 2.05) is 20.8 Å². The van der Waals surface area contributed by atoms with Gasteiger partial charge >= 0.3 is 0 Å². The summed E-state index contributed by atoms with van der Waals surface area (Å²) in [4.78, 5) is 11.5. The molecular formula is C23H30O. The van der Waals surface area contributed by atoms with Crippen molar-refractivity contribution in [2.45, 2.75) is 60.3 Å². The van der Waals surface area contributed by atoms with Gasteiger partial charge in [0.2, 0.25) is 0 Å². The molecule has 24 heavy (non-hydrogen) atoms. The number of carbonyl (C=O) groups is 1. The van der Waals surface area contributed by atoms with Gasteiger partial charge in [-0.1, -0.05) is 44.1 Å². The molecule has 0 bridgehead atoms. The fraction of sp³-hybridized carbons (Fsp3) is 0.435. The first kappa shape index (κ1) is 20.0. The number of ketones is 1. The quantitative estimate of drug-likeness (QED) is 0.500. The van der Waals surface area contributed by atoms with Crippen LogP contribution in [0, 0.1) is 31.6 Å². The third-order valence-corrected chi connectivity index (χ3v) is 4.50. The first-order valence-electron chi connectivity index (χ1n) is 8.74. The lowest BCUT2D eigenvalue weighted by molar-refractivity contribution is -0.117. The molecule has 0 aromatic heterocycles. The minimum atomic E-state index is 0.174. The Morgan fingerprint density at radius 2 is 1.75 bits per heavy atom. The Kier molecular flexibility index (Phi) is 7.23. The van der Waals surface area contributed by atoms with Crippen molar-refractivity contribution in [3.63, 3.8) is 0 Å². The highest BCUT2D eigenvalue weighted by molar-refractivity contribution is 5.76. The molecule has 2 atom stereocenters. The zero-order valence-electron chi connectivity index (χ0n) is 16.0. The van der Waals surface area contributed by atoms with Crippen LogP contribution in [0.2, 0.25) is 0 Å². The van der Waals surface area contributed by atoms with Gasteiger partial charge in [-0.25, -0.2) is 0 Å². The standard InChI is InChI=1S/C21H24O.C2H6/c1-7-8-18-9-13(2)20(14(3)10-18)21-15(4)11-19(17(21)6)12-16(5)22;1-2/h9-10,19,21H,4,6,11-12H2,1-3,5H3;1-2H3. The summed E-state index contributed by atoms with van der Waals surface area (Å²) in [5.74, 6) is 6.71. The molecular weight excluding hydrogens is 292 g/mol. The van der Waals surface area contributed by atoms with Crippen molar-refractivity contribution in [3.8, 4) is 11.8 Å². The van der Waals surface area contributed by atoms with Crippen LogP contribution in [-0.2, 0) is 4.79 Å². The zero-order chi connectivity index (χ0) is 18.4. The van der Waals surface area contributed by atoms with E-state index in [2.05, 4.69) is 51.0 Å². The van der Waals surface area contributed by atoms with E-state index in [1.165, 1.54) is 22.3 Å². The number of benzene rings is 1. The molecule has 1 nitrogen and oxygen atoms in total. The molecule has 128 valence electrons. The Labute approximate surface area is 147 Å². The van der Waals surface area contributed by atoms with E-state index in [-0.39, 0.29) is 17.6 Å². The van der Waals surface area contributed by atoms with Crippen LogP contribution in [0.3, 0.4) is 0 Å². The maximum absolute atomic E-state index is 11.5. The summed E-state index contributed by atoms with van der Waals surface area (Å²) in [6, 6.07) is 4.27. The van der Waals surface area contributed by atoms with Gasteiger partial charge in [0.25, 0.3) is 0 Å². The summed E-state index contributed by atoms with van der Waals surface area (Å²) in [7, 11) is 0. The molecule has 0 amide bonds. The van der Waals surface area contributed by atoms with Crippen molar-refractivity contribution in [1.29, 1.82) is 0 Å². The molecule has 2 unspecified atom stereocenters. The van der Waals surface area contributed by atoms with E-state index in [0.29, 0.717) is 6.42 Å². The molecule has 0 saturated heterocycles. The molecule has 1 heteroatoms. The molecule has 1 aromatic rings. The third-order valence-electron chi connectivity index (χ3n) is 4.50. The maximum atomic E-state index is 11.5. The highest BCUT2D eigenvalue weighted by Crippen LogP contribution is 2.48. The Bertz CT molecular complexity index is 686. The molecule has 1 aromatic carbocycles. The number of aryl methyl sites for hydroxylation is 2. The predicted molar refractivity (Wildman–Crippen MR) is 104 cm³/mol. The first-order valence-corrected chi connectivity index (χ1v) is 8.74. The lowest BCUT2D eigenvalue weighted by atomic mass is 9.83. The van der Waals surface area contributed by atoms with Crippen LogP contribution >= 0.6 is 0 Å². The molecule has 2 rings (SSSR count). The summed E-state index contributed by atoms with van der Waals surface area (Å²) in [5.41, 5.74) is 7.12. The first-order chi connectivity index (χ1) is 11.3. The fourth-order valence-electron chi connectivity index (χ4n) is 3.65. The molecule has 1 aliphatic carbocycles. The predicted octanol–water partition coefficient (Wildman–Crippen LogP) is 5.90. The second-order valence-corrected chi connectivity index (χ2v) is 6.37. The molecule has 1 saturated carbocycles. The van der Waals surface area contributed by atoms with Crippen LogP contribution in [0.15, 0.2) is 36.4 Å². The highest BCUT2D eigenvalue weighted by Gasteiger charge is 2.34. The van der Waals surface area contributed by atoms with Crippen LogP contribution in [-0.4, -0.2) is 5.78 Å². The summed E-state index contributed by atoms with van der Waals surface area (Å²) < 4.78 is 0. The normalized spacial score (nSPS) is 19.2. The number of hydrogen-bond donors (Lipinski definition) is 0.